The van der Waals surface area contributed by atoms with Crippen LogP contribution in [0.4, 0.5) is 4.79 Å². The molecule has 0 saturated heterocycles. The largest absolute Gasteiger partial charge is 0.456 e. The van der Waals surface area contributed by atoms with E-state index in [4.69, 9.17) is 20.9 Å². The van der Waals surface area contributed by atoms with Crippen LogP contribution in [-0.2, 0) is 20.7 Å². The summed E-state index contributed by atoms with van der Waals surface area (Å²) in [6.45, 7) is 1.54. The van der Waals surface area contributed by atoms with Crippen molar-refractivity contribution < 1.29 is 23.6 Å². The van der Waals surface area contributed by atoms with Crippen molar-refractivity contribution in [3.63, 3.8) is 0 Å². The first-order valence-corrected chi connectivity index (χ1v) is 8.17. The van der Waals surface area contributed by atoms with Gasteiger partial charge in [0.2, 0.25) is 11.7 Å². The number of carbonyl (C=O) groups excluding carboxylic acids is 3. The molecule has 0 aliphatic carbocycles. The molecule has 0 spiro atoms. The highest BCUT2D eigenvalue weighted by molar-refractivity contribution is 6.30. The van der Waals surface area contributed by atoms with Gasteiger partial charge in [-0.3, -0.25) is 14.9 Å². The predicted octanol–water partition coefficient (Wildman–Crippen LogP) is 1.71. The zero-order chi connectivity index (χ0) is 18.9. The minimum Gasteiger partial charge on any atom is -0.456 e. The molecule has 1 aromatic carbocycles. The van der Waals surface area contributed by atoms with Crippen molar-refractivity contribution in [1.82, 2.24) is 20.8 Å². The smallest absolute Gasteiger partial charge is 0.321 e. The molecule has 1 heterocycles. The van der Waals surface area contributed by atoms with Crippen LogP contribution in [0.25, 0.3) is 11.4 Å². The third-order valence-electron chi connectivity index (χ3n) is 3.07. The Kier molecular flexibility index (Phi) is 7.10. The molecular weight excluding hydrogens is 364 g/mol. The van der Waals surface area contributed by atoms with Crippen LogP contribution >= 0.6 is 11.6 Å². The molecule has 0 saturated carbocycles. The van der Waals surface area contributed by atoms with Gasteiger partial charge in [-0.15, -0.1) is 0 Å². The second-order valence-electron chi connectivity index (χ2n) is 5.09. The highest BCUT2D eigenvalue weighted by atomic mass is 35.5. The van der Waals surface area contributed by atoms with Crippen LogP contribution in [0.2, 0.25) is 5.02 Å². The zero-order valence-electron chi connectivity index (χ0n) is 14.0. The molecule has 2 rings (SSSR count). The van der Waals surface area contributed by atoms with Crippen LogP contribution in [0.3, 0.4) is 0 Å². The number of aromatic nitrogens is 2. The summed E-state index contributed by atoms with van der Waals surface area (Å²) in [5, 5.41) is 8.82. The lowest BCUT2D eigenvalue weighted by atomic mass is 10.2. The molecule has 1 aromatic heterocycles. The highest BCUT2D eigenvalue weighted by Crippen LogP contribution is 2.19. The molecule has 9 nitrogen and oxygen atoms in total. The van der Waals surface area contributed by atoms with Crippen LogP contribution in [0, 0.1) is 0 Å². The number of halogens is 1. The van der Waals surface area contributed by atoms with Crippen LogP contribution in [0.15, 0.2) is 28.8 Å². The number of amides is 3. The van der Waals surface area contributed by atoms with E-state index in [0.29, 0.717) is 17.4 Å². The van der Waals surface area contributed by atoms with Crippen molar-refractivity contribution in [2.24, 2.45) is 0 Å². The first kappa shape index (κ1) is 19.4. The van der Waals surface area contributed by atoms with E-state index in [1.54, 1.807) is 31.2 Å². The number of benzene rings is 1. The molecule has 0 unspecified atom stereocenters. The quantitative estimate of drug-likeness (QED) is 0.700. The molecule has 2 aromatic rings. The minimum atomic E-state index is -0.716. The summed E-state index contributed by atoms with van der Waals surface area (Å²) in [6.07, 6.45) is 0.119. The van der Waals surface area contributed by atoms with Crippen LogP contribution in [0.5, 0.6) is 0 Å². The fourth-order valence-corrected chi connectivity index (χ4v) is 1.99. The Morgan fingerprint density at radius 3 is 2.65 bits per heavy atom. The predicted molar refractivity (Wildman–Crippen MR) is 91.2 cm³/mol. The van der Waals surface area contributed by atoms with E-state index < -0.39 is 24.5 Å². The standard InChI is InChI=1S/C16H17ClN4O5/c1-2-18-16(24)19-12(22)9-25-14(23)8-7-13-20-15(21-26-13)10-3-5-11(17)6-4-10/h3-6H,2,7-9H2,1H3,(H2,18,19,22,24). The number of esters is 1. The van der Waals surface area contributed by atoms with Crippen molar-refractivity contribution in [3.05, 3.63) is 35.2 Å². The molecule has 138 valence electrons. The van der Waals surface area contributed by atoms with Gasteiger partial charge in [0.1, 0.15) is 0 Å². The lowest BCUT2D eigenvalue weighted by Crippen LogP contribution is -2.41. The number of carbonyl (C=O) groups is 3. The maximum absolute atomic E-state index is 11.6. The first-order valence-electron chi connectivity index (χ1n) is 7.79. The number of imide groups is 1. The van der Waals surface area contributed by atoms with E-state index in [1.165, 1.54) is 0 Å². The fraction of sp³-hybridized carbons (Fsp3) is 0.312. The summed E-state index contributed by atoms with van der Waals surface area (Å²) < 4.78 is 9.84. The summed E-state index contributed by atoms with van der Waals surface area (Å²) in [5.41, 5.74) is 0.731. The average molecular weight is 381 g/mol. The van der Waals surface area contributed by atoms with Gasteiger partial charge in [0.15, 0.2) is 6.61 Å². The molecule has 26 heavy (non-hydrogen) atoms. The molecule has 0 fully saturated rings. The minimum absolute atomic E-state index is 0.0450. The molecule has 0 radical (unpaired) electrons. The molecule has 0 bridgehead atoms. The average Bonchev–Trinajstić information content (AvgIpc) is 3.08. The number of aryl methyl sites for hydroxylation is 1. The molecule has 2 N–H and O–H groups in total. The van der Waals surface area contributed by atoms with Crippen LogP contribution in [-0.4, -0.2) is 41.2 Å². The Bertz CT molecular complexity index is 775. The summed E-state index contributed by atoms with van der Waals surface area (Å²) in [6, 6.07) is 6.26. The Morgan fingerprint density at radius 2 is 1.96 bits per heavy atom. The van der Waals surface area contributed by atoms with Crippen molar-refractivity contribution >= 4 is 29.5 Å². The Balaban J connectivity index is 1.75. The molecule has 0 atom stereocenters. The van der Waals surface area contributed by atoms with Gasteiger partial charge >= 0.3 is 12.0 Å². The van der Waals surface area contributed by atoms with E-state index in [0.717, 1.165) is 5.56 Å². The van der Waals surface area contributed by atoms with E-state index in [-0.39, 0.29) is 18.7 Å². The van der Waals surface area contributed by atoms with Crippen LogP contribution in [0.1, 0.15) is 19.2 Å². The summed E-state index contributed by atoms with van der Waals surface area (Å²) in [5.74, 6) is -0.695. The number of ether oxygens (including phenoxy) is 1. The summed E-state index contributed by atoms with van der Waals surface area (Å²) >= 11 is 5.82. The fourth-order valence-electron chi connectivity index (χ4n) is 1.87. The second kappa shape index (κ2) is 9.52. The Morgan fingerprint density at radius 1 is 1.23 bits per heavy atom. The van der Waals surface area contributed by atoms with Gasteiger partial charge in [-0.05, 0) is 31.2 Å². The van der Waals surface area contributed by atoms with E-state index in [1.807, 2.05) is 5.32 Å². The van der Waals surface area contributed by atoms with Crippen LogP contribution < -0.4 is 10.6 Å². The Labute approximate surface area is 154 Å². The maximum atomic E-state index is 11.6. The van der Waals surface area contributed by atoms with Gasteiger partial charge in [0, 0.05) is 23.6 Å². The number of rotatable bonds is 7. The number of nitrogens with one attached hydrogen (secondary N) is 2. The van der Waals surface area contributed by atoms with Gasteiger partial charge in [0.05, 0.1) is 6.42 Å². The van der Waals surface area contributed by atoms with Gasteiger partial charge < -0.3 is 14.6 Å². The van der Waals surface area contributed by atoms with E-state index >= 15 is 0 Å². The third-order valence-corrected chi connectivity index (χ3v) is 3.32. The Hall–Kier alpha value is -2.94. The van der Waals surface area contributed by atoms with E-state index in [9.17, 15) is 14.4 Å². The molecule has 10 heteroatoms. The van der Waals surface area contributed by atoms with Crippen molar-refractivity contribution in [2.45, 2.75) is 19.8 Å². The first-order chi connectivity index (χ1) is 12.5. The third kappa shape index (κ3) is 6.17. The van der Waals surface area contributed by atoms with Crippen molar-refractivity contribution in [1.29, 1.82) is 0 Å². The molecular formula is C16H17ClN4O5. The molecule has 0 aliphatic rings. The molecule has 3 amide bonds. The van der Waals surface area contributed by atoms with Gasteiger partial charge in [0.25, 0.3) is 5.91 Å². The van der Waals surface area contributed by atoms with E-state index in [2.05, 4.69) is 15.5 Å². The van der Waals surface area contributed by atoms with Crippen molar-refractivity contribution in [2.75, 3.05) is 13.2 Å². The zero-order valence-corrected chi connectivity index (χ0v) is 14.7. The highest BCUT2D eigenvalue weighted by Gasteiger charge is 2.13. The number of urea groups is 1. The van der Waals surface area contributed by atoms with Gasteiger partial charge in [-0.25, -0.2) is 4.79 Å². The van der Waals surface area contributed by atoms with Crippen molar-refractivity contribution in [3.8, 4) is 11.4 Å². The molecule has 0 aliphatic heterocycles. The van der Waals surface area contributed by atoms with Gasteiger partial charge in [-0.1, -0.05) is 16.8 Å². The SMILES string of the molecule is CCNC(=O)NC(=O)COC(=O)CCc1nc(-c2ccc(Cl)cc2)no1. The summed E-state index contributed by atoms with van der Waals surface area (Å²) in [7, 11) is 0. The number of hydrogen-bond acceptors (Lipinski definition) is 7. The topological polar surface area (TPSA) is 123 Å². The normalized spacial score (nSPS) is 10.2. The second-order valence-corrected chi connectivity index (χ2v) is 5.52. The monoisotopic (exact) mass is 380 g/mol. The number of nitrogens with zero attached hydrogens (tertiary/aromatic N) is 2. The number of hydrogen-bond donors (Lipinski definition) is 2. The lowest BCUT2D eigenvalue weighted by Gasteiger charge is -2.05. The lowest BCUT2D eigenvalue weighted by molar-refractivity contribution is -0.148. The summed E-state index contributed by atoms with van der Waals surface area (Å²) in [4.78, 5) is 38.3. The van der Waals surface area contributed by atoms with Gasteiger partial charge in [-0.2, -0.15) is 4.98 Å². The maximum Gasteiger partial charge on any atom is 0.321 e.